The van der Waals surface area contributed by atoms with Gasteiger partial charge in [-0.15, -0.1) is 0 Å². The molecule has 5 rings (SSSR count). The van der Waals surface area contributed by atoms with Crippen LogP contribution in [0.2, 0.25) is 5.02 Å². The molecule has 248 valence electrons. The summed E-state index contributed by atoms with van der Waals surface area (Å²) in [6.07, 6.45) is 3.71. The molecule has 0 spiro atoms. The number of alkyl halides is 1. The van der Waals surface area contributed by atoms with Crippen LogP contribution in [-0.4, -0.2) is 102 Å². The number of benzene rings is 2. The quantitative estimate of drug-likeness (QED) is 0.322. The van der Waals surface area contributed by atoms with Crippen LogP contribution in [-0.2, 0) is 16.6 Å². The summed E-state index contributed by atoms with van der Waals surface area (Å²) in [7, 11) is 3.30. The Morgan fingerprint density at radius 1 is 1.13 bits per heavy atom. The molecule has 2 aliphatic rings. The number of carboxylic acid groups (broad SMARTS) is 1. The van der Waals surface area contributed by atoms with E-state index < -0.39 is 24.2 Å². The highest BCUT2D eigenvalue weighted by Gasteiger charge is 2.31. The lowest BCUT2D eigenvalue weighted by Gasteiger charge is -2.36. The molecule has 0 saturated carbocycles. The van der Waals surface area contributed by atoms with Crippen LogP contribution in [0.25, 0.3) is 11.3 Å². The zero-order valence-corrected chi connectivity index (χ0v) is 25.9. The molecule has 3 N–H and O–H groups in total. The molecule has 46 heavy (non-hydrogen) atoms. The number of carbonyl (C=O) groups excluding carboxylic acids is 3. The average molecular weight is 667 g/mol. The Hall–Kier alpha value is -4.63. The highest BCUT2D eigenvalue weighted by atomic mass is 35.5. The highest BCUT2D eigenvalue weighted by Crippen LogP contribution is 2.30. The molecule has 3 aromatic rings. The summed E-state index contributed by atoms with van der Waals surface area (Å²) < 4.78 is 45.0. The molecule has 0 radical (unpaired) electrons. The van der Waals surface area contributed by atoms with Gasteiger partial charge in [-0.1, -0.05) is 11.6 Å². The number of aldehydes is 1. The molecular weight excluding hydrogens is 633 g/mol. The number of piperazine rings is 1. The molecule has 0 aliphatic carbocycles. The predicted octanol–water partition coefficient (Wildman–Crippen LogP) is 3.60. The molecule has 2 aliphatic heterocycles. The van der Waals surface area contributed by atoms with Crippen LogP contribution in [0.5, 0.6) is 5.75 Å². The van der Waals surface area contributed by atoms with E-state index in [4.69, 9.17) is 21.5 Å². The van der Waals surface area contributed by atoms with Crippen molar-refractivity contribution >= 4 is 41.9 Å². The summed E-state index contributed by atoms with van der Waals surface area (Å²) >= 11 is 6.23. The van der Waals surface area contributed by atoms with Crippen LogP contribution in [0.1, 0.15) is 33.8 Å². The molecule has 3 heterocycles. The highest BCUT2D eigenvalue weighted by molar-refractivity contribution is 6.34. The fourth-order valence-electron chi connectivity index (χ4n) is 4.94. The van der Waals surface area contributed by atoms with E-state index in [0.29, 0.717) is 43.1 Å². The normalized spacial score (nSPS) is 15.6. The maximum absolute atomic E-state index is 13.9. The van der Waals surface area contributed by atoms with E-state index in [1.54, 1.807) is 17.0 Å². The SMILES string of the molecule is CNc1ccc(C(=O)N2CCN(C(=O)[C@@H]3CCCN3)CC2)c(Cl)c1.Cn1c(-c2ccc(OCF)c(F)c2F)cnc1C=O.O=CO. The van der Waals surface area contributed by atoms with Gasteiger partial charge in [-0.2, -0.15) is 4.39 Å². The molecule has 2 aromatic carbocycles. The fraction of sp³-hybridized carbons (Fsp3) is 0.367. The van der Waals surface area contributed by atoms with Gasteiger partial charge in [0.1, 0.15) is 0 Å². The summed E-state index contributed by atoms with van der Waals surface area (Å²) in [6, 6.07) is 7.63. The summed E-state index contributed by atoms with van der Waals surface area (Å²) in [5, 5.41) is 13.6. The Morgan fingerprint density at radius 3 is 2.35 bits per heavy atom. The van der Waals surface area contributed by atoms with E-state index in [-0.39, 0.29) is 41.4 Å². The summed E-state index contributed by atoms with van der Waals surface area (Å²) in [6.45, 7) is 1.65. The first-order valence-electron chi connectivity index (χ1n) is 14.1. The predicted molar refractivity (Wildman–Crippen MR) is 164 cm³/mol. The van der Waals surface area contributed by atoms with E-state index in [0.717, 1.165) is 31.1 Å². The number of aromatic nitrogens is 2. The second kappa shape index (κ2) is 17.2. The average Bonchev–Trinajstić information content (AvgIpc) is 3.74. The van der Waals surface area contributed by atoms with Crippen LogP contribution < -0.4 is 15.4 Å². The molecule has 0 bridgehead atoms. The Morgan fingerprint density at radius 2 is 1.80 bits per heavy atom. The zero-order valence-electron chi connectivity index (χ0n) is 25.1. The molecule has 12 nitrogen and oxygen atoms in total. The fourth-order valence-corrected chi connectivity index (χ4v) is 5.20. The standard InChI is InChI=1S/C17H23ClN4O2.C12H9F3N2O2.CH2O2/c1-19-12-4-5-13(14(18)11-12)16(23)21-7-9-22(10-8-21)17(24)15-3-2-6-20-15;1-17-8(4-16-10(17)5-18)7-2-3-9(19-6-13)12(15)11(7)14;2-1-3/h4-5,11,15,19-20H,2-3,6-10H2,1H3;2-5H,6H2,1H3;1H,(H,2,3)/t15-;;/m0../s1. The maximum Gasteiger partial charge on any atom is 0.290 e. The van der Waals surface area contributed by atoms with Gasteiger partial charge in [-0.25, -0.2) is 13.8 Å². The van der Waals surface area contributed by atoms with Crippen molar-refractivity contribution in [2.24, 2.45) is 7.05 Å². The van der Waals surface area contributed by atoms with Gasteiger partial charge in [0.05, 0.1) is 28.5 Å². The topological polar surface area (TPSA) is 146 Å². The second-order valence-corrected chi connectivity index (χ2v) is 10.4. The Balaban J connectivity index is 0.000000236. The van der Waals surface area contributed by atoms with Gasteiger partial charge in [0, 0.05) is 51.5 Å². The van der Waals surface area contributed by atoms with Gasteiger partial charge in [0.25, 0.3) is 12.4 Å². The Bertz CT molecular complexity index is 1530. The van der Waals surface area contributed by atoms with Crippen molar-refractivity contribution in [1.82, 2.24) is 24.7 Å². The van der Waals surface area contributed by atoms with Crippen LogP contribution in [0.4, 0.5) is 18.9 Å². The number of nitrogens with one attached hydrogen (secondary N) is 2. The number of ether oxygens (including phenoxy) is 1. The molecule has 0 unspecified atom stereocenters. The monoisotopic (exact) mass is 666 g/mol. The molecule has 2 saturated heterocycles. The number of halogens is 4. The van der Waals surface area contributed by atoms with E-state index in [2.05, 4.69) is 20.4 Å². The van der Waals surface area contributed by atoms with Crippen LogP contribution in [0.15, 0.2) is 36.5 Å². The minimum absolute atomic E-state index is 0.0456. The number of nitrogens with zero attached hydrogens (tertiary/aromatic N) is 4. The van der Waals surface area contributed by atoms with Gasteiger partial charge >= 0.3 is 0 Å². The molecular formula is C30H34ClF3N6O6. The van der Waals surface area contributed by atoms with Gasteiger partial charge in [0.15, 0.2) is 23.7 Å². The largest absolute Gasteiger partial charge is 0.483 e. The first kappa shape index (κ1) is 35.8. The number of hydrogen-bond donors (Lipinski definition) is 3. The van der Waals surface area contributed by atoms with E-state index in [1.807, 2.05) is 18.0 Å². The van der Waals surface area contributed by atoms with Crippen LogP contribution in [0, 0.1) is 11.6 Å². The zero-order chi connectivity index (χ0) is 33.8. The number of anilines is 1. The second-order valence-electron chi connectivity index (χ2n) is 9.99. The van der Waals surface area contributed by atoms with E-state index >= 15 is 0 Å². The third-order valence-electron chi connectivity index (χ3n) is 7.39. The Kier molecular flexibility index (Phi) is 13.4. The number of hydrogen-bond acceptors (Lipinski definition) is 8. The van der Waals surface area contributed by atoms with E-state index in [9.17, 15) is 27.6 Å². The van der Waals surface area contributed by atoms with Gasteiger partial charge in [0.2, 0.25) is 18.6 Å². The Labute approximate surface area is 268 Å². The summed E-state index contributed by atoms with van der Waals surface area (Å²) in [5.74, 6) is -2.82. The number of amides is 2. The maximum atomic E-state index is 13.9. The van der Waals surface area contributed by atoms with Crippen molar-refractivity contribution in [2.75, 3.05) is 51.9 Å². The van der Waals surface area contributed by atoms with E-state index in [1.165, 1.54) is 23.9 Å². The number of carbonyl (C=O) groups is 4. The number of rotatable bonds is 7. The summed E-state index contributed by atoms with van der Waals surface area (Å²) in [4.78, 5) is 51.5. The molecule has 2 fully saturated rings. The molecule has 16 heteroatoms. The van der Waals surface area contributed by atoms with Crippen LogP contribution in [0.3, 0.4) is 0 Å². The third-order valence-corrected chi connectivity index (χ3v) is 7.70. The third kappa shape index (κ3) is 8.54. The molecule has 2 amide bonds. The van der Waals surface area contributed by atoms with Gasteiger partial charge < -0.3 is 34.8 Å². The van der Waals surface area contributed by atoms with Crippen molar-refractivity contribution in [3.63, 3.8) is 0 Å². The van der Waals surface area contributed by atoms with Gasteiger partial charge in [-0.05, 0) is 49.7 Å². The lowest BCUT2D eigenvalue weighted by Crippen LogP contribution is -2.54. The molecule has 1 aromatic heterocycles. The van der Waals surface area contributed by atoms with Crippen molar-refractivity contribution in [3.8, 4) is 17.0 Å². The molecule has 1 atom stereocenters. The van der Waals surface area contributed by atoms with Crippen molar-refractivity contribution < 1.29 is 42.2 Å². The lowest BCUT2D eigenvalue weighted by atomic mass is 10.1. The minimum atomic E-state index is -1.29. The van der Waals surface area contributed by atoms with Crippen molar-refractivity contribution in [1.29, 1.82) is 0 Å². The first-order valence-corrected chi connectivity index (χ1v) is 14.5. The van der Waals surface area contributed by atoms with Crippen molar-refractivity contribution in [2.45, 2.75) is 18.9 Å². The first-order chi connectivity index (χ1) is 22.1. The lowest BCUT2D eigenvalue weighted by molar-refractivity contribution is -0.134. The minimum Gasteiger partial charge on any atom is -0.483 e. The van der Waals surface area contributed by atoms with Crippen LogP contribution >= 0.6 is 11.6 Å². The van der Waals surface area contributed by atoms with Crippen molar-refractivity contribution in [3.05, 3.63) is 64.6 Å². The summed E-state index contributed by atoms with van der Waals surface area (Å²) in [5.41, 5.74) is 1.51. The number of imidazole rings is 1. The smallest absolute Gasteiger partial charge is 0.290 e. The van der Waals surface area contributed by atoms with Gasteiger partial charge in [-0.3, -0.25) is 19.2 Å².